The second kappa shape index (κ2) is 6.75. The van der Waals surface area contributed by atoms with E-state index < -0.39 is 0 Å². The molecule has 1 aromatic carbocycles. The molecule has 5 nitrogen and oxygen atoms in total. The van der Waals surface area contributed by atoms with Gasteiger partial charge in [0, 0.05) is 13.7 Å². The van der Waals surface area contributed by atoms with Crippen molar-refractivity contribution in [1.29, 1.82) is 0 Å². The lowest BCUT2D eigenvalue weighted by atomic mass is 10.1. The Hall–Kier alpha value is -1.75. The Morgan fingerprint density at radius 2 is 2.24 bits per heavy atom. The molecule has 0 radical (unpaired) electrons. The first-order valence-corrected chi connectivity index (χ1v) is 5.49. The van der Waals surface area contributed by atoms with Gasteiger partial charge in [-0.25, -0.2) is 0 Å². The number of nitrogens with two attached hydrogens (primary N) is 1. The maximum absolute atomic E-state index is 11.4. The first-order valence-electron chi connectivity index (χ1n) is 5.49. The van der Waals surface area contributed by atoms with Gasteiger partial charge < -0.3 is 21.1 Å². The molecule has 4 N–H and O–H groups in total. The molecule has 0 aromatic heterocycles. The lowest BCUT2D eigenvalue weighted by Crippen LogP contribution is -2.32. The van der Waals surface area contributed by atoms with Crippen LogP contribution in [0.1, 0.15) is 5.56 Å². The van der Waals surface area contributed by atoms with Gasteiger partial charge in [0.15, 0.2) is 0 Å². The van der Waals surface area contributed by atoms with Crippen molar-refractivity contribution in [1.82, 2.24) is 5.32 Å². The molecule has 0 bridgehead atoms. The fraction of sp³-hybridized carbons (Fsp3) is 0.417. The number of benzene rings is 1. The van der Waals surface area contributed by atoms with E-state index in [2.05, 4.69) is 10.6 Å². The fourth-order valence-electron chi connectivity index (χ4n) is 1.46. The van der Waals surface area contributed by atoms with Crippen molar-refractivity contribution in [2.45, 2.75) is 6.92 Å². The molecule has 17 heavy (non-hydrogen) atoms. The number of hydrogen-bond donors (Lipinski definition) is 3. The van der Waals surface area contributed by atoms with Gasteiger partial charge in [0.25, 0.3) is 0 Å². The average Bonchev–Trinajstić information content (AvgIpc) is 2.29. The summed E-state index contributed by atoms with van der Waals surface area (Å²) in [7, 11) is 1.60. The molecule has 0 aliphatic carbocycles. The SMILES string of the molecule is COCCNC(=O)CNc1c(C)cccc1N. The van der Waals surface area contributed by atoms with E-state index in [1.54, 1.807) is 13.2 Å². The summed E-state index contributed by atoms with van der Waals surface area (Å²) in [5, 5.41) is 5.76. The van der Waals surface area contributed by atoms with E-state index in [0.717, 1.165) is 11.3 Å². The highest BCUT2D eigenvalue weighted by Crippen LogP contribution is 2.21. The second-order valence-corrected chi connectivity index (χ2v) is 3.74. The molecule has 0 spiro atoms. The third-order valence-corrected chi connectivity index (χ3v) is 2.36. The maximum atomic E-state index is 11.4. The minimum atomic E-state index is -0.0790. The molecule has 1 aromatic rings. The van der Waals surface area contributed by atoms with Crippen LogP contribution in [0.25, 0.3) is 0 Å². The van der Waals surface area contributed by atoms with E-state index in [9.17, 15) is 4.79 Å². The minimum Gasteiger partial charge on any atom is -0.397 e. The maximum Gasteiger partial charge on any atom is 0.239 e. The highest BCUT2D eigenvalue weighted by molar-refractivity contribution is 5.82. The van der Waals surface area contributed by atoms with Crippen LogP contribution in [0.5, 0.6) is 0 Å². The molecular formula is C12H19N3O2. The van der Waals surface area contributed by atoms with Gasteiger partial charge in [-0.2, -0.15) is 0 Å². The normalized spacial score (nSPS) is 10.0. The van der Waals surface area contributed by atoms with E-state index in [4.69, 9.17) is 10.5 Å². The predicted molar refractivity (Wildman–Crippen MR) is 69.0 cm³/mol. The van der Waals surface area contributed by atoms with Gasteiger partial charge in [0.2, 0.25) is 5.91 Å². The zero-order valence-corrected chi connectivity index (χ0v) is 10.2. The Kier molecular flexibility index (Phi) is 5.29. The molecule has 1 rings (SSSR count). The fourth-order valence-corrected chi connectivity index (χ4v) is 1.46. The smallest absolute Gasteiger partial charge is 0.239 e. The van der Waals surface area contributed by atoms with Crippen LogP contribution >= 0.6 is 0 Å². The van der Waals surface area contributed by atoms with Crippen LogP contribution in [-0.4, -0.2) is 32.7 Å². The quantitative estimate of drug-likeness (QED) is 0.504. The van der Waals surface area contributed by atoms with Crippen molar-refractivity contribution < 1.29 is 9.53 Å². The van der Waals surface area contributed by atoms with Gasteiger partial charge in [-0.1, -0.05) is 12.1 Å². The summed E-state index contributed by atoms with van der Waals surface area (Å²) in [5.41, 5.74) is 8.30. The van der Waals surface area contributed by atoms with Crippen molar-refractivity contribution in [2.75, 3.05) is 37.9 Å². The van der Waals surface area contributed by atoms with Crippen LogP contribution in [0, 0.1) is 6.92 Å². The summed E-state index contributed by atoms with van der Waals surface area (Å²) in [6.07, 6.45) is 0. The number of rotatable bonds is 6. The Morgan fingerprint density at radius 1 is 1.47 bits per heavy atom. The number of carbonyl (C=O) groups excluding carboxylic acids is 1. The Labute approximate surface area is 101 Å². The highest BCUT2D eigenvalue weighted by atomic mass is 16.5. The van der Waals surface area contributed by atoms with Crippen LogP contribution < -0.4 is 16.4 Å². The largest absolute Gasteiger partial charge is 0.397 e. The number of anilines is 2. The zero-order valence-electron chi connectivity index (χ0n) is 10.2. The number of nitrogen functional groups attached to an aromatic ring is 1. The Balaban J connectivity index is 2.42. The molecule has 0 atom stereocenters. The standard InChI is InChI=1S/C12H19N3O2/c1-9-4-3-5-10(13)12(9)15-8-11(16)14-6-7-17-2/h3-5,15H,6-8,13H2,1-2H3,(H,14,16). The van der Waals surface area contributed by atoms with Crippen LogP contribution in [0.15, 0.2) is 18.2 Å². The first-order chi connectivity index (χ1) is 8.15. The van der Waals surface area contributed by atoms with Gasteiger partial charge in [-0.3, -0.25) is 4.79 Å². The van der Waals surface area contributed by atoms with Crippen molar-refractivity contribution in [3.8, 4) is 0 Å². The Morgan fingerprint density at radius 3 is 2.88 bits per heavy atom. The van der Waals surface area contributed by atoms with Gasteiger partial charge in [0.05, 0.1) is 24.5 Å². The molecule has 0 heterocycles. The van der Waals surface area contributed by atoms with E-state index in [1.807, 2.05) is 19.1 Å². The predicted octanol–water partition coefficient (Wildman–Crippen LogP) is 0.752. The van der Waals surface area contributed by atoms with E-state index in [1.165, 1.54) is 0 Å². The lowest BCUT2D eigenvalue weighted by molar-refractivity contribution is -0.119. The third-order valence-electron chi connectivity index (χ3n) is 2.36. The van der Waals surface area contributed by atoms with Crippen LogP contribution in [0.3, 0.4) is 0 Å². The number of hydrogen-bond acceptors (Lipinski definition) is 4. The molecule has 0 saturated heterocycles. The number of para-hydroxylation sites is 1. The molecule has 0 saturated carbocycles. The number of methoxy groups -OCH3 is 1. The van der Waals surface area contributed by atoms with Gasteiger partial charge >= 0.3 is 0 Å². The summed E-state index contributed by atoms with van der Waals surface area (Å²) in [6, 6.07) is 5.63. The van der Waals surface area contributed by atoms with Crippen LogP contribution in [0.4, 0.5) is 11.4 Å². The van der Waals surface area contributed by atoms with E-state index >= 15 is 0 Å². The monoisotopic (exact) mass is 237 g/mol. The van der Waals surface area contributed by atoms with Crippen LogP contribution in [-0.2, 0) is 9.53 Å². The Bertz CT molecular complexity index is 360. The summed E-state index contributed by atoms with van der Waals surface area (Å²) in [5.74, 6) is -0.0790. The highest BCUT2D eigenvalue weighted by Gasteiger charge is 2.04. The number of amides is 1. The third kappa shape index (κ3) is 4.32. The zero-order chi connectivity index (χ0) is 12.7. The number of aryl methyl sites for hydroxylation is 1. The average molecular weight is 237 g/mol. The molecular weight excluding hydrogens is 218 g/mol. The van der Waals surface area contributed by atoms with E-state index in [-0.39, 0.29) is 12.5 Å². The van der Waals surface area contributed by atoms with Gasteiger partial charge in [-0.05, 0) is 18.6 Å². The molecule has 1 amide bonds. The first kappa shape index (κ1) is 13.3. The van der Waals surface area contributed by atoms with Gasteiger partial charge in [-0.15, -0.1) is 0 Å². The van der Waals surface area contributed by atoms with Gasteiger partial charge in [0.1, 0.15) is 0 Å². The molecule has 0 aliphatic heterocycles. The van der Waals surface area contributed by atoms with Crippen molar-refractivity contribution in [2.24, 2.45) is 0 Å². The summed E-state index contributed by atoms with van der Waals surface area (Å²) < 4.78 is 4.84. The topological polar surface area (TPSA) is 76.4 Å². The molecule has 0 unspecified atom stereocenters. The van der Waals surface area contributed by atoms with E-state index in [0.29, 0.717) is 18.8 Å². The summed E-state index contributed by atoms with van der Waals surface area (Å²) in [6.45, 7) is 3.18. The number of ether oxygens (including phenoxy) is 1. The van der Waals surface area contributed by atoms with Crippen LogP contribution in [0.2, 0.25) is 0 Å². The molecule has 94 valence electrons. The van der Waals surface area contributed by atoms with Crippen molar-refractivity contribution in [3.63, 3.8) is 0 Å². The molecule has 0 fully saturated rings. The molecule has 0 aliphatic rings. The van der Waals surface area contributed by atoms with Crippen molar-refractivity contribution in [3.05, 3.63) is 23.8 Å². The molecule has 5 heteroatoms. The lowest BCUT2D eigenvalue weighted by Gasteiger charge is -2.12. The number of carbonyl (C=O) groups is 1. The number of nitrogens with one attached hydrogen (secondary N) is 2. The minimum absolute atomic E-state index is 0.0790. The van der Waals surface area contributed by atoms with Crippen molar-refractivity contribution >= 4 is 17.3 Å². The second-order valence-electron chi connectivity index (χ2n) is 3.74. The summed E-state index contributed by atoms with van der Waals surface area (Å²) in [4.78, 5) is 11.4. The summed E-state index contributed by atoms with van der Waals surface area (Å²) >= 11 is 0.